The van der Waals surface area contributed by atoms with E-state index >= 15 is 0 Å². The van der Waals surface area contributed by atoms with Crippen LogP contribution in [-0.2, 0) is 4.74 Å². The topological polar surface area (TPSA) is 49.7 Å². The van der Waals surface area contributed by atoms with Crippen molar-refractivity contribution in [2.45, 2.75) is 25.2 Å². The zero-order valence-electron chi connectivity index (χ0n) is 4.79. The zero-order valence-corrected chi connectivity index (χ0v) is 4.79. The summed E-state index contributed by atoms with van der Waals surface area (Å²) in [6, 6.07) is 0. The second kappa shape index (κ2) is 1.69. The van der Waals surface area contributed by atoms with Crippen LogP contribution in [-0.4, -0.2) is 28.7 Å². The maximum atomic E-state index is 9.08. The fourth-order valence-corrected chi connectivity index (χ4v) is 0.770. The third-order valence-corrected chi connectivity index (χ3v) is 1.20. The quantitative estimate of drug-likeness (QED) is 0.450. The molecule has 48 valence electrons. The number of rotatable bonds is 0. The molecule has 2 atom stereocenters. The summed E-state index contributed by atoms with van der Waals surface area (Å²) in [6.07, 6.45) is -0.433. The van der Waals surface area contributed by atoms with Gasteiger partial charge in [-0.3, -0.25) is 0 Å². The molecular weight excluding hydrogens is 108 g/mol. The minimum absolute atomic E-state index is 0.244. The Hall–Kier alpha value is -0.120. The lowest BCUT2D eigenvalue weighted by Crippen LogP contribution is -2.23. The van der Waals surface area contributed by atoms with Crippen LogP contribution in [0.5, 0.6) is 0 Å². The van der Waals surface area contributed by atoms with Crippen LogP contribution in [0, 0.1) is 0 Å². The van der Waals surface area contributed by atoms with Crippen LogP contribution >= 0.6 is 0 Å². The monoisotopic (exact) mass is 118 g/mol. The molecule has 8 heavy (non-hydrogen) atoms. The first-order valence-electron chi connectivity index (χ1n) is 2.62. The fraction of sp³-hybridized carbons (Fsp3) is 1.00. The van der Waals surface area contributed by atoms with Crippen LogP contribution in [0.4, 0.5) is 0 Å². The molecule has 0 aromatic carbocycles. The van der Waals surface area contributed by atoms with Gasteiger partial charge in [0.05, 0.1) is 12.2 Å². The van der Waals surface area contributed by atoms with Gasteiger partial charge in [0.25, 0.3) is 0 Å². The predicted molar refractivity (Wildman–Crippen MR) is 27.2 cm³/mol. The maximum absolute atomic E-state index is 9.08. The molecule has 1 heterocycles. The average Bonchev–Trinajstić information content (AvgIpc) is 1.82. The van der Waals surface area contributed by atoms with Crippen LogP contribution in [0.3, 0.4) is 0 Å². The Morgan fingerprint density at radius 3 is 2.50 bits per heavy atom. The summed E-state index contributed by atoms with van der Waals surface area (Å²) in [6.45, 7) is 1.89. The van der Waals surface area contributed by atoms with Crippen LogP contribution in [0.25, 0.3) is 0 Å². The standard InChI is InChI=1S/C5H10O3/c1-5(7)2-4(6)8-3-5/h4,6-7H,2-3H2,1H3. The third kappa shape index (κ3) is 1.18. The normalized spacial score (nSPS) is 47.6. The second-order valence-electron chi connectivity index (χ2n) is 2.47. The zero-order chi connectivity index (χ0) is 6.20. The van der Waals surface area contributed by atoms with Crippen molar-refractivity contribution in [3.05, 3.63) is 0 Å². The molecule has 0 saturated carbocycles. The van der Waals surface area contributed by atoms with Crippen molar-refractivity contribution in [2.24, 2.45) is 0 Å². The van der Waals surface area contributed by atoms with Gasteiger partial charge in [0.2, 0.25) is 0 Å². The molecule has 0 amide bonds. The van der Waals surface area contributed by atoms with Gasteiger partial charge in [-0.2, -0.15) is 0 Å². The first-order valence-corrected chi connectivity index (χ1v) is 2.62. The molecule has 3 heteroatoms. The Balaban J connectivity index is 2.44. The molecule has 0 aromatic rings. The first-order chi connectivity index (χ1) is 3.60. The SMILES string of the molecule is CC1(O)COC(O)C1. The summed E-state index contributed by atoms with van der Waals surface area (Å²) in [7, 11) is 0. The van der Waals surface area contributed by atoms with Gasteiger partial charge in [-0.1, -0.05) is 0 Å². The summed E-state index contributed by atoms with van der Waals surface area (Å²) in [4.78, 5) is 0. The highest BCUT2D eigenvalue weighted by Gasteiger charge is 2.32. The lowest BCUT2D eigenvalue weighted by molar-refractivity contribution is -0.0607. The second-order valence-corrected chi connectivity index (χ2v) is 2.47. The smallest absolute Gasteiger partial charge is 0.157 e. The summed E-state index contributed by atoms with van der Waals surface area (Å²) >= 11 is 0. The molecule has 0 radical (unpaired) electrons. The van der Waals surface area contributed by atoms with Crippen molar-refractivity contribution in [3.8, 4) is 0 Å². The Labute approximate surface area is 47.9 Å². The fourth-order valence-electron chi connectivity index (χ4n) is 0.770. The Morgan fingerprint density at radius 2 is 2.38 bits per heavy atom. The lowest BCUT2D eigenvalue weighted by Gasteiger charge is -2.10. The molecule has 1 saturated heterocycles. The molecule has 0 bridgehead atoms. The average molecular weight is 118 g/mol. The van der Waals surface area contributed by atoms with Crippen LogP contribution in [0.15, 0.2) is 0 Å². The van der Waals surface area contributed by atoms with E-state index in [2.05, 4.69) is 4.74 Å². The van der Waals surface area contributed by atoms with Crippen LogP contribution in [0.2, 0.25) is 0 Å². The molecule has 1 rings (SSSR count). The van der Waals surface area contributed by atoms with E-state index in [4.69, 9.17) is 10.2 Å². The van der Waals surface area contributed by atoms with Gasteiger partial charge in [-0.15, -0.1) is 0 Å². The summed E-state index contributed by atoms with van der Waals surface area (Å²) in [5.74, 6) is 0. The van der Waals surface area contributed by atoms with Crippen molar-refractivity contribution >= 4 is 0 Å². The van der Waals surface area contributed by atoms with Crippen LogP contribution < -0.4 is 0 Å². The highest BCUT2D eigenvalue weighted by atomic mass is 16.6. The molecule has 0 spiro atoms. The minimum atomic E-state index is -0.806. The predicted octanol–water partition coefficient (Wildman–Crippen LogP) is -0.524. The van der Waals surface area contributed by atoms with Crippen molar-refractivity contribution in [1.29, 1.82) is 0 Å². The number of hydrogen-bond acceptors (Lipinski definition) is 3. The molecule has 3 nitrogen and oxygen atoms in total. The molecule has 1 aliphatic heterocycles. The molecule has 1 aliphatic rings. The van der Waals surface area contributed by atoms with Crippen molar-refractivity contribution < 1.29 is 14.9 Å². The third-order valence-electron chi connectivity index (χ3n) is 1.20. The van der Waals surface area contributed by atoms with Gasteiger partial charge in [-0.25, -0.2) is 0 Å². The van der Waals surface area contributed by atoms with E-state index in [1.807, 2.05) is 0 Å². The van der Waals surface area contributed by atoms with Crippen molar-refractivity contribution in [3.63, 3.8) is 0 Å². The van der Waals surface area contributed by atoms with Crippen molar-refractivity contribution in [2.75, 3.05) is 6.61 Å². The van der Waals surface area contributed by atoms with Gasteiger partial charge in [0, 0.05) is 6.42 Å². The molecule has 2 N–H and O–H groups in total. The van der Waals surface area contributed by atoms with Gasteiger partial charge in [-0.05, 0) is 6.92 Å². The first kappa shape index (κ1) is 6.01. The molecule has 2 unspecified atom stereocenters. The largest absolute Gasteiger partial charge is 0.388 e. The van der Waals surface area contributed by atoms with Gasteiger partial charge in [0.15, 0.2) is 6.29 Å². The van der Waals surface area contributed by atoms with Gasteiger partial charge in [0.1, 0.15) is 0 Å². The number of hydrogen-bond donors (Lipinski definition) is 2. The van der Waals surface area contributed by atoms with Crippen LogP contribution in [0.1, 0.15) is 13.3 Å². The number of aliphatic hydroxyl groups is 2. The lowest BCUT2D eigenvalue weighted by atomic mass is 10.1. The van der Waals surface area contributed by atoms with E-state index < -0.39 is 11.9 Å². The van der Waals surface area contributed by atoms with E-state index in [-0.39, 0.29) is 6.61 Å². The highest BCUT2D eigenvalue weighted by Crippen LogP contribution is 2.20. The molecular formula is C5H10O3. The molecule has 1 fully saturated rings. The van der Waals surface area contributed by atoms with E-state index in [9.17, 15) is 0 Å². The summed E-state index contributed by atoms with van der Waals surface area (Å²) in [5.41, 5.74) is -0.806. The summed E-state index contributed by atoms with van der Waals surface area (Å²) < 4.78 is 4.67. The van der Waals surface area contributed by atoms with E-state index in [0.29, 0.717) is 6.42 Å². The molecule has 0 aliphatic carbocycles. The summed E-state index contributed by atoms with van der Waals surface area (Å²) in [5, 5.41) is 17.8. The maximum Gasteiger partial charge on any atom is 0.157 e. The Morgan fingerprint density at radius 1 is 1.75 bits per heavy atom. The van der Waals surface area contributed by atoms with E-state index in [1.165, 1.54) is 0 Å². The highest BCUT2D eigenvalue weighted by molar-refractivity contribution is 4.78. The van der Waals surface area contributed by atoms with E-state index in [0.717, 1.165) is 0 Å². The Kier molecular flexibility index (Phi) is 1.27. The van der Waals surface area contributed by atoms with Crippen molar-refractivity contribution in [1.82, 2.24) is 0 Å². The number of aliphatic hydroxyl groups excluding tert-OH is 1. The van der Waals surface area contributed by atoms with E-state index in [1.54, 1.807) is 6.92 Å². The number of ether oxygens (including phenoxy) is 1. The molecule has 0 aromatic heterocycles. The minimum Gasteiger partial charge on any atom is -0.388 e. The van der Waals surface area contributed by atoms with Gasteiger partial charge < -0.3 is 14.9 Å². The Bertz CT molecular complexity index is 89.7. The van der Waals surface area contributed by atoms with Gasteiger partial charge >= 0.3 is 0 Å².